The highest BCUT2D eigenvalue weighted by atomic mass is 19.1. The number of hydrogen-bond acceptors (Lipinski definition) is 4. The van der Waals surface area contributed by atoms with Gasteiger partial charge in [0.2, 0.25) is 0 Å². The van der Waals surface area contributed by atoms with E-state index in [1.54, 1.807) is 29.2 Å². The highest BCUT2D eigenvalue weighted by molar-refractivity contribution is 6.08. The van der Waals surface area contributed by atoms with Gasteiger partial charge in [0.05, 0.1) is 11.9 Å². The number of benzene rings is 2. The molecule has 6 rings (SSSR count). The van der Waals surface area contributed by atoms with E-state index in [0.29, 0.717) is 16.9 Å². The zero-order chi connectivity index (χ0) is 22.4. The van der Waals surface area contributed by atoms with Gasteiger partial charge in [0, 0.05) is 53.7 Å². The van der Waals surface area contributed by atoms with Crippen molar-refractivity contribution >= 4 is 21.8 Å². The van der Waals surface area contributed by atoms with E-state index in [4.69, 9.17) is 0 Å². The predicted octanol–water partition coefficient (Wildman–Crippen LogP) is 6.05. The quantitative estimate of drug-likeness (QED) is 0.342. The minimum absolute atomic E-state index is 0.313. The number of aromatic nitrogens is 5. The van der Waals surface area contributed by atoms with Gasteiger partial charge in [-0.1, -0.05) is 24.3 Å². The van der Waals surface area contributed by atoms with Crippen molar-refractivity contribution in [2.24, 2.45) is 7.05 Å². The van der Waals surface area contributed by atoms with Gasteiger partial charge in [-0.15, -0.1) is 0 Å². The van der Waals surface area contributed by atoms with Crippen LogP contribution in [-0.4, -0.2) is 24.7 Å². The lowest BCUT2D eigenvalue weighted by atomic mass is 9.92. The average Bonchev–Trinajstić information content (AvgIpc) is 3.29. The molecule has 0 radical (unpaired) electrons. The van der Waals surface area contributed by atoms with Gasteiger partial charge < -0.3 is 0 Å². The van der Waals surface area contributed by atoms with Crippen molar-refractivity contribution in [3.05, 3.63) is 97.5 Å². The molecular weight excluding hydrogens is 413 g/mol. The van der Waals surface area contributed by atoms with Gasteiger partial charge in [-0.05, 0) is 58.5 Å². The first kappa shape index (κ1) is 19.3. The van der Waals surface area contributed by atoms with Crippen LogP contribution in [0.2, 0.25) is 0 Å². The van der Waals surface area contributed by atoms with E-state index in [-0.39, 0.29) is 5.82 Å². The van der Waals surface area contributed by atoms with Crippen LogP contribution >= 0.6 is 0 Å². The van der Waals surface area contributed by atoms with E-state index in [2.05, 4.69) is 32.2 Å². The van der Waals surface area contributed by atoms with Crippen molar-refractivity contribution in [2.75, 3.05) is 0 Å². The molecule has 0 aliphatic rings. The normalized spacial score (nSPS) is 11.3. The van der Waals surface area contributed by atoms with E-state index in [1.165, 1.54) is 6.07 Å². The Hall–Kier alpha value is -4.45. The second kappa shape index (κ2) is 7.60. The number of pyridine rings is 3. The molecular formula is C27H18FN5. The molecule has 4 heterocycles. The molecule has 2 aromatic carbocycles. The molecule has 4 aromatic heterocycles. The Bertz CT molecular complexity index is 1650. The van der Waals surface area contributed by atoms with Crippen LogP contribution in [0.15, 0.2) is 91.6 Å². The molecule has 0 fully saturated rings. The summed E-state index contributed by atoms with van der Waals surface area (Å²) in [4.78, 5) is 13.5. The Morgan fingerprint density at radius 3 is 2.48 bits per heavy atom. The van der Waals surface area contributed by atoms with E-state index in [9.17, 15) is 4.39 Å². The minimum Gasteiger partial charge on any atom is -0.275 e. The Labute approximate surface area is 189 Å². The molecule has 0 N–H and O–H groups in total. The van der Waals surface area contributed by atoms with Gasteiger partial charge in [-0.3, -0.25) is 9.67 Å². The number of rotatable bonds is 3. The van der Waals surface area contributed by atoms with Gasteiger partial charge in [-0.2, -0.15) is 5.10 Å². The fourth-order valence-corrected chi connectivity index (χ4v) is 4.32. The van der Waals surface area contributed by atoms with E-state index >= 15 is 0 Å². The Morgan fingerprint density at radius 2 is 1.64 bits per heavy atom. The average molecular weight is 431 g/mol. The van der Waals surface area contributed by atoms with Crippen molar-refractivity contribution in [1.82, 2.24) is 24.7 Å². The fourth-order valence-electron chi connectivity index (χ4n) is 4.32. The van der Waals surface area contributed by atoms with Crippen molar-refractivity contribution in [2.45, 2.75) is 0 Å². The van der Waals surface area contributed by atoms with Crippen LogP contribution in [0.3, 0.4) is 0 Å². The summed E-state index contributed by atoms with van der Waals surface area (Å²) in [5.74, 6) is -0.313. The Morgan fingerprint density at radius 1 is 0.758 bits per heavy atom. The lowest BCUT2D eigenvalue weighted by molar-refractivity contribution is 0.631. The summed E-state index contributed by atoms with van der Waals surface area (Å²) in [6.07, 6.45) is 9.21. The third-order valence-electron chi connectivity index (χ3n) is 5.86. The maximum atomic E-state index is 14.6. The topological polar surface area (TPSA) is 56.5 Å². The number of aryl methyl sites for hydroxylation is 1. The number of fused-ring (bicyclic) bond motifs is 2. The van der Waals surface area contributed by atoms with Gasteiger partial charge in [0.15, 0.2) is 5.65 Å². The van der Waals surface area contributed by atoms with Crippen LogP contribution in [0.25, 0.3) is 55.3 Å². The summed E-state index contributed by atoms with van der Waals surface area (Å²) in [6.45, 7) is 0. The van der Waals surface area contributed by atoms with Crippen molar-refractivity contribution in [1.29, 1.82) is 0 Å². The molecule has 5 nitrogen and oxygen atoms in total. The predicted molar refractivity (Wildman–Crippen MR) is 128 cm³/mol. The highest BCUT2D eigenvalue weighted by Gasteiger charge is 2.16. The lowest BCUT2D eigenvalue weighted by Crippen LogP contribution is -1.94. The first-order chi connectivity index (χ1) is 16.2. The van der Waals surface area contributed by atoms with Crippen molar-refractivity contribution in [3.63, 3.8) is 0 Å². The van der Waals surface area contributed by atoms with Crippen molar-refractivity contribution < 1.29 is 4.39 Å². The van der Waals surface area contributed by atoms with Gasteiger partial charge >= 0.3 is 0 Å². The molecule has 0 unspecified atom stereocenters. The number of hydrogen-bond donors (Lipinski definition) is 0. The zero-order valence-corrected chi connectivity index (χ0v) is 17.8. The first-order valence-electron chi connectivity index (χ1n) is 10.6. The molecule has 0 amide bonds. The molecule has 0 aliphatic carbocycles. The van der Waals surface area contributed by atoms with E-state index < -0.39 is 0 Å². The van der Waals surface area contributed by atoms with Crippen molar-refractivity contribution in [3.8, 4) is 33.5 Å². The number of nitrogens with zero attached hydrogens (tertiary/aromatic N) is 5. The fraction of sp³-hybridized carbons (Fsp3) is 0.0370. The highest BCUT2D eigenvalue weighted by Crippen LogP contribution is 2.39. The summed E-state index contributed by atoms with van der Waals surface area (Å²) in [5, 5.41) is 7.29. The zero-order valence-electron chi connectivity index (χ0n) is 17.8. The molecule has 0 saturated heterocycles. The van der Waals surface area contributed by atoms with Crippen LogP contribution in [0, 0.1) is 5.82 Å². The maximum absolute atomic E-state index is 14.6. The van der Waals surface area contributed by atoms with E-state index in [0.717, 1.165) is 38.4 Å². The summed E-state index contributed by atoms with van der Waals surface area (Å²) in [7, 11) is 1.90. The Kier molecular flexibility index (Phi) is 4.43. The van der Waals surface area contributed by atoms with Crippen LogP contribution in [0.1, 0.15) is 0 Å². The van der Waals surface area contributed by atoms with Crippen LogP contribution < -0.4 is 0 Å². The summed E-state index contributed by atoms with van der Waals surface area (Å²) < 4.78 is 16.4. The molecule has 6 heteroatoms. The Balaban J connectivity index is 1.66. The van der Waals surface area contributed by atoms with Gasteiger partial charge in [0.25, 0.3) is 0 Å². The maximum Gasteiger partial charge on any atom is 0.160 e. The molecule has 33 heavy (non-hydrogen) atoms. The van der Waals surface area contributed by atoms with Crippen LogP contribution in [-0.2, 0) is 7.05 Å². The summed E-state index contributed by atoms with van der Waals surface area (Å²) >= 11 is 0. The summed E-state index contributed by atoms with van der Waals surface area (Å²) in [6, 6.07) is 18.7. The van der Waals surface area contributed by atoms with Crippen LogP contribution in [0.5, 0.6) is 0 Å². The van der Waals surface area contributed by atoms with Gasteiger partial charge in [0.1, 0.15) is 5.82 Å². The molecule has 6 aromatic rings. The minimum atomic E-state index is -0.313. The third-order valence-corrected chi connectivity index (χ3v) is 5.86. The molecule has 158 valence electrons. The largest absolute Gasteiger partial charge is 0.275 e. The van der Waals surface area contributed by atoms with E-state index in [1.807, 2.05) is 56.0 Å². The smallest absolute Gasteiger partial charge is 0.160 e. The number of halogens is 1. The lowest BCUT2D eigenvalue weighted by Gasteiger charge is -2.14. The monoisotopic (exact) mass is 431 g/mol. The van der Waals surface area contributed by atoms with Gasteiger partial charge in [-0.25, -0.2) is 14.4 Å². The standard InChI is InChI=1S/C27H18FN5/c1-33-16-17(14-31-33)18-8-9-19(20-10-12-29-15-24(18)20)23-13-26(22-5-2-3-7-25(22)28)32-27-21(23)6-4-11-30-27/h2-16H,1H3. The molecule has 0 spiro atoms. The molecule has 0 atom stereocenters. The molecule has 0 aliphatic heterocycles. The molecule has 0 saturated carbocycles. The third kappa shape index (κ3) is 3.24. The SMILES string of the molecule is Cn1cc(-c2ccc(-c3cc(-c4ccccc4F)nc4ncccc34)c3ccncc23)cn1. The van der Waals surface area contributed by atoms with Crippen LogP contribution in [0.4, 0.5) is 4.39 Å². The first-order valence-corrected chi connectivity index (χ1v) is 10.6. The molecule has 0 bridgehead atoms. The second-order valence-corrected chi connectivity index (χ2v) is 7.89. The second-order valence-electron chi connectivity index (χ2n) is 7.89. The summed E-state index contributed by atoms with van der Waals surface area (Å²) in [5.41, 5.74) is 5.61.